The molecule has 0 radical (unpaired) electrons. The zero-order valence-electron chi connectivity index (χ0n) is 8.40. The van der Waals surface area contributed by atoms with Gasteiger partial charge in [-0.2, -0.15) is 0 Å². The predicted octanol–water partition coefficient (Wildman–Crippen LogP) is 0.912. The number of nitrogens with zero attached hydrogens (tertiary/aromatic N) is 1. The number of carbonyl (C=O) groups is 1. The Bertz CT molecular complexity index is 353. The molecule has 82 valence electrons. The molecule has 0 aromatic carbocycles. The number of aliphatic carboxylic acids is 1. The average molecular weight is 212 g/mol. The first-order valence-electron chi connectivity index (χ1n) is 4.52. The molecular formula is C10H13FN2O2. The molecule has 1 unspecified atom stereocenters. The fraction of sp³-hybridized carbons (Fsp3) is 0.400. The molecule has 1 aromatic rings. The number of nitrogens with two attached hydrogens (primary N) is 1. The van der Waals surface area contributed by atoms with Crippen molar-refractivity contribution in [1.29, 1.82) is 0 Å². The Balaban J connectivity index is 3.00. The van der Waals surface area contributed by atoms with E-state index in [2.05, 4.69) is 4.98 Å². The van der Waals surface area contributed by atoms with E-state index in [0.29, 0.717) is 5.69 Å². The van der Waals surface area contributed by atoms with Gasteiger partial charge in [0.05, 0.1) is 12.6 Å². The molecule has 3 N–H and O–H groups in total. The highest BCUT2D eigenvalue weighted by Crippen LogP contribution is 2.24. The van der Waals surface area contributed by atoms with Crippen LogP contribution in [0.4, 0.5) is 4.39 Å². The normalized spacial score (nSPS) is 14.6. The van der Waals surface area contributed by atoms with Crippen LogP contribution in [0.1, 0.15) is 19.0 Å². The molecule has 0 amide bonds. The molecule has 5 heteroatoms. The smallest absolute Gasteiger partial charge is 0.304 e. The van der Waals surface area contributed by atoms with Crippen LogP contribution in [0.3, 0.4) is 0 Å². The number of hydrogen-bond acceptors (Lipinski definition) is 3. The minimum absolute atomic E-state index is 0.123. The van der Waals surface area contributed by atoms with Crippen LogP contribution in [0, 0.1) is 5.82 Å². The summed E-state index contributed by atoms with van der Waals surface area (Å²) < 4.78 is 12.6. The van der Waals surface area contributed by atoms with Gasteiger partial charge in [-0.05, 0) is 12.1 Å². The van der Waals surface area contributed by atoms with Gasteiger partial charge in [-0.3, -0.25) is 9.78 Å². The molecule has 0 aliphatic carbocycles. The van der Waals surface area contributed by atoms with Gasteiger partial charge in [0.25, 0.3) is 0 Å². The molecule has 1 rings (SSSR count). The molecule has 0 fully saturated rings. The number of carboxylic acid groups (broad SMARTS) is 1. The van der Waals surface area contributed by atoms with Crippen molar-refractivity contribution in [3.8, 4) is 0 Å². The van der Waals surface area contributed by atoms with Crippen LogP contribution in [0.5, 0.6) is 0 Å². The highest BCUT2D eigenvalue weighted by Gasteiger charge is 2.29. The monoisotopic (exact) mass is 212 g/mol. The summed E-state index contributed by atoms with van der Waals surface area (Å²) in [5, 5.41) is 8.74. The number of pyridine rings is 1. The summed E-state index contributed by atoms with van der Waals surface area (Å²) in [5.41, 5.74) is 5.27. The fourth-order valence-corrected chi connectivity index (χ4v) is 1.33. The van der Waals surface area contributed by atoms with Gasteiger partial charge in [-0.25, -0.2) is 4.39 Å². The van der Waals surface area contributed by atoms with Crippen molar-refractivity contribution in [3.63, 3.8) is 0 Å². The van der Waals surface area contributed by atoms with Gasteiger partial charge >= 0.3 is 5.97 Å². The molecule has 0 saturated heterocycles. The minimum Gasteiger partial charge on any atom is -0.481 e. The second-order valence-corrected chi connectivity index (χ2v) is 3.70. The predicted molar refractivity (Wildman–Crippen MR) is 52.9 cm³/mol. The van der Waals surface area contributed by atoms with Crippen LogP contribution >= 0.6 is 0 Å². The summed E-state index contributed by atoms with van der Waals surface area (Å²) in [6.45, 7) is 1.85. The first-order valence-corrected chi connectivity index (χ1v) is 4.52. The number of halogens is 1. The molecule has 1 atom stereocenters. The fourth-order valence-electron chi connectivity index (χ4n) is 1.33. The quantitative estimate of drug-likeness (QED) is 0.777. The molecule has 0 aliphatic rings. The van der Waals surface area contributed by atoms with E-state index in [9.17, 15) is 9.18 Å². The van der Waals surface area contributed by atoms with E-state index in [1.807, 2.05) is 0 Å². The second kappa shape index (κ2) is 4.35. The van der Waals surface area contributed by atoms with Gasteiger partial charge in [0, 0.05) is 17.7 Å². The van der Waals surface area contributed by atoms with E-state index >= 15 is 0 Å². The van der Waals surface area contributed by atoms with Crippen molar-refractivity contribution >= 4 is 5.97 Å². The van der Waals surface area contributed by atoms with Crippen LogP contribution in [0.25, 0.3) is 0 Å². The van der Waals surface area contributed by atoms with Crippen LogP contribution in [-0.2, 0) is 10.2 Å². The van der Waals surface area contributed by atoms with Gasteiger partial charge in [-0.1, -0.05) is 6.92 Å². The van der Waals surface area contributed by atoms with Crippen molar-refractivity contribution in [2.75, 3.05) is 6.54 Å². The molecule has 0 saturated carbocycles. The van der Waals surface area contributed by atoms with E-state index in [1.165, 1.54) is 12.1 Å². The summed E-state index contributed by atoms with van der Waals surface area (Å²) in [5.74, 6) is -1.40. The van der Waals surface area contributed by atoms with E-state index in [0.717, 1.165) is 6.20 Å². The minimum atomic E-state index is -0.950. The topological polar surface area (TPSA) is 76.2 Å². The van der Waals surface area contributed by atoms with E-state index in [4.69, 9.17) is 10.8 Å². The standard InChI is InChI=1S/C10H13FN2O2/c1-10(6-12,4-9(14)15)8-3-2-7(11)5-13-8/h2-3,5H,4,6,12H2,1H3,(H,14,15). The van der Waals surface area contributed by atoms with Crippen LogP contribution in [-0.4, -0.2) is 22.6 Å². The molecule has 1 heterocycles. The van der Waals surface area contributed by atoms with Crippen LogP contribution < -0.4 is 5.73 Å². The van der Waals surface area contributed by atoms with Crippen molar-refractivity contribution in [1.82, 2.24) is 4.98 Å². The zero-order chi connectivity index (χ0) is 11.5. The summed E-state index contributed by atoms with van der Waals surface area (Å²) >= 11 is 0. The molecule has 4 nitrogen and oxygen atoms in total. The van der Waals surface area contributed by atoms with Gasteiger partial charge in [-0.15, -0.1) is 0 Å². The van der Waals surface area contributed by atoms with Crippen molar-refractivity contribution < 1.29 is 14.3 Å². The lowest BCUT2D eigenvalue weighted by Gasteiger charge is -2.25. The number of rotatable bonds is 4. The lowest BCUT2D eigenvalue weighted by Crippen LogP contribution is -2.35. The third-order valence-corrected chi connectivity index (χ3v) is 2.34. The molecule has 1 aromatic heterocycles. The maximum atomic E-state index is 12.6. The number of hydrogen-bond donors (Lipinski definition) is 2. The van der Waals surface area contributed by atoms with Gasteiger partial charge in [0.2, 0.25) is 0 Å². The summed E-state index contributed by atoms with van der Waals surface area (Å²) in [6, 6.07) is 2.71. The Morgan fingerprint density at radius 3 is 2.73 bits per heavy atom. The first-order chi connectivity index (χ1) is 6.98. The van der Waals surface area contributed by atoms with Gasteiger partial charge in [0.15, 0.2) is 0 Å². The lowest BCUT2D eigenvalue weighted by atomic mass is 9.83. The first kappa shape index (κ1) is 11.6. The summed E-state index contributed by atoms with van der Waals surface area (Å²) in [4.78, 5) is 14.5. The Labute approximate surface area is 86.9 Å². The maximum absolute atomic E-state index is 12.6. The molecule has 0 spiro atoms. The third-order valence-electron chi connectivity index (χ3n) is 2.34. The molecule has 15 heavy (non-hydrogen) atoms. The Morgan fingerprint density at radius 1 is 1.67 bits per heavy atom. The van der Waals surface area contributed by atoms with E-state index in [1.54, 1.807) is 6.92 Å². The van der Waals surface area contributed by atoms with E-state index < -0.39 is 17.2 Å². The van der Waals surface area contributed by atoms with Crippen molar-refractivity contribution in [2.45, 2.75) is 18.8 Å². The Hall–Kier alpha value is -1.49. The molecule has 0 bridgehead atoms. The molecular weight excluding hydrogens is 199 g/mol. The average Bonchev–Trinajstić information content (AvgIpc) is 2.17. The van der Waals surface area contributed by atoms with Crippen molar-refractivity contribution in [2.24, 2.45) is 5.73 Å². The largest absolute Gasteiger partial charge is 0.481 e. The van der Waals surface area contributed by atoms with Crippen molar-refractivity contribution in [3.05, 3.63) is 29.8 Å². The number of aromatic nitrogens is 1. The Morgan fingerprint density at radius 2 is 2.33 bits per heavy atom. The zero-order valence-corrected chi connectivity index (χ0v) is 8.40. The maximum Gasteiger partial charge on any atom is 0.304 e. The van der Waals surface area contributed by atoms with Gasteiger partial charge < -0.3 is 10.8 Å². The highest BCUT2D eigenvalue weighted by molar-refractivity contribution is 5.68. The van der Waals surface area contributed by atoms with Gasteiger partial charge in [0.1, 0.15) is 5.82 Å². The number of carboxylic acids is 1. The summed E-state index contributed by atoms with van der Waals surface area (Å²) in [6.07, 6.45) is 0.938. The SMILES string of the molecule is CC(CN)(CC(=O)O)c1ccc(F)cn1. The third kappa shape index (κ3) is 2.73. The van der Waals surface area contributed by atoms with Crippen LogP contribution in [0.2, 0.25) is 0 Å². The Kier molecular flexibility index (Phi) is 3.36. The summed E-state index contributed by atoms with van der Waals surface area (Å²) in [7, 11) is 0. The second-order valence-electron chi connectivity index (χ2n) is 3.70. The molecule has 0 aliphatic heterocycles. The van der Waals surface area contributed by atoms with Crippen LogP contribution in [0.15, 0.2) is 18.3 Å². The lowest BCUT2D eigenvalue weighted by molar-refractivity contribution is -0.138. The highest BCUT2D eigenvalue weighted by atomic mass is 19.1. The van der Waals surface area contributed by atoms with E-state index in [-0.39, 0.29) is 13.0 Å².